The Morgan fingerprint density at radius 2 is 2.27 bits per heavy atom. The fourth-order valence-corrected chi connectivity index (χ4v) is 2.77. The molecular weight excluding hydrogens is 208 g/mol. The smallest absolute Gasteiger partial charge is 0.252 e. The summed E-state index contributed by atoms with van der Waals surface area (Å²) in [7, 11) is 0. The molecule has 1 amide bonds. The van der Waals surface area contributed by atoms with E-state index >= 15 is 0 Å². The third kappa shape index (κ3) is 2.21. The Kier molecular flexibility index (Phi) is 3.07. The zero-order valence-electron chi connectivity index (χ0n) is 8.66. The topological polar surface area (TPSA) is 55.1 Å². The predicted octanol–water partition coefficient (Wildman–Crippen LogP) is 1.75. The second kappa shape index (κ2) is 4.33. The van der Waals surface area contributed by atoms with Gasteiger partial charge in [-0.2, -0.15) is 11.3 Å². The van der Waals surface area contributed by atoms with E-state index in [2.05, 4.69) is 5.32 Å². The first-order valence-electron chi connectivity index (χ1n) is 5.31. The molecule has 1 aliphatic carbocycles. The number of carbonyl (C=O) groups excluding carboxylic acids is 1. The van der Waals surface area contributed by atoms with E-state index in [-0.39, 0.29) is 11.4 Å². The molecule has 3 nitrogen and oxygen atoms in total. The molecule has 1 aromatic heterocycles. The van der Waals surface area contributed by atoms with Gasteiger partial charge in [0.05, 0.1) is 11.1 Å². The molecule has 82 valence electrons. The summed E-state index contributed by atoms with van der Waals surface area (Å²) in [6.45, 7) is 0.545. The Morgan fingerprint density at radius 1 is 1.53 bits per heavy atom. The lowest BCUT2D eigenvalue weighted by atomic mass is 9.97. The highest BCUT2D eigenvalue weighted by molar-refractivity contribution is 7.08. The van der Waals surface area contributed by atoms with Crippen molar-refractivity contribution >= 4 is 17.2 Å². The molecule has 1 aromatic rings. The number of nitrogens with two attached hydrogens (primary N) is 1. The minimum atomic E-state index is -0.140. The molecule has 3 N–H and O–H groups in total. The van der Waals surface area contributed by atoms with Gasteiger partial charge in [-0.25, -0.2) is 0 Å². The third-order valence-corrected chi connectivity index (χ3v) is 3.80. The van der Waals surface area contributed by atoms with Crippen molar-refractivity contribution < 1.29 is 4.79 Å². The second-order valence-corrected chi connectivity index (χ2v) is 4.94. The summed E-state index contributed by atoms with van der Waals surface area (Å²) >= 11 is 1.54. The van der Waals surface area contributed by atoms with Crippen molar-refractivity contribution in [2.24, 2.45) is 5.73 Å². The van der Waals surface area contributed by atoms with Crippen molar-refractivity contribution in [2.75, 3.05) is 6.54 Å². The lowest BCUT2D eigenvalue weighted by molar-refractivity contribution is 0.0903. The van der Waals surface area contributed by atoms with E-state index in [1.165, 1.54) is 12.8 Å². The van der Waals surface area contributed by atoms with Gasteiger partial charge in [0.25, 0.3) is 5.91 Å². The van der Waals surface area contributed by atoms with Crippen LogP contribution in [0.3, 0.4) is 0 Å². The minimum Gasteiger partial charge on any atom is -0.345 e. The van der Waals surface area contributed by atoms with E-state index in [4.69, 9.17) is 5.73 Å². The number of hydrogen-bond donors (Lipinski definition) is 2. The number of rotatable bonds is 3. The molecule has 0 unspecified atom stereocenters. The van der Waals surface area contributed by atoms with Gasteiger partial charge in [-0.1, -0.05) is 12.8 Å². The van der Waals surface area contributed by atoms with Gasteiger partial charge in [0.1, 0.15) is 0 Å². The number of amides is 1. The van der Waals surface area contributed by atoms with Crippen LogP contribution in [0.4, 0.5) is 0 Å². The highest BCUT2D eigenvalue weighted by atomic mass is 32.1. The van der Waals surface area contributed by atoms with Crippen LogP contribution in [-0.4, -0.2) is 18.0 Å². The van der Waals surface area contributed by atoms with Crippen molar-refractivity contribution in [1.29, 1.82) is 0 Å². The molecule has 15 heavy (non-hydrogen) atoms. The monoisotopic (exact) mass is 224 g/mol. The van der Waals surface area contributed by atoms with Crippen LogP contribution < -0.4 is 11.1 Å². The summed E-state index contributed by atoms with van der Waals surface area (Å²) in [5, 5.41) is 6.87. The zero-order valence-corrected chi connectivity index (χ0v) is 9.48. The van der Waals surface area contributed by atoms with Crippen molar-refractivity contribution in [1.82, 2.24) is 5.32 Å². The Morgan fingerprint density at radius 3 is 2.80 bits per heavy atom. The lowest BCUT2D eigenvalue weighted by Crippen LogP contribution is -2.51. The highest BCUT2D eigenvalue weighted by Gasteiger charge is 2.33. The van der Waals surface area contributed by atoms with E-state index < -0.39 is 0 Å². The van der Waals surface area contributed by atoms with Crippen LogP contribution in [0.15, 0.2) is 16.8 Å². The highest BCUT2D eigenvalue weighted by Crippen LogP contribution is 2.29. The van der Waals surface area contributed by atoms with Gasteiger partial charge in [0, 0.05) is 11.9 Å². The maximum absolute atomic E-state index is 11.9. The standard InChI is InChI=1S/C11H16N2OS/c12-8-11(4-1-2-5-11)13-10(14)9-3-6-15-7-9/h3,6-7H,1-2,4-5,8,12H2,(H,13,14). The Hall–Kier alpha value is -0.870. The van der Waals surface area contributed by atoms with E-state index in [9.17, 15) is 4.79 Å². The van der Waals surface area contributed by atoms with Gasteiger partial charge >= 0.3 is 0 Å². The quantitative estimate of drug-likeness (QED) is 0.822. The van der Waals surface area contributed by atoms with E-state index in [0.717, 1.165) is 18.4 Å². The molecule has 1 aliphatic rings. The van der Waals surface area contributed by atoms with Gasteiger partial charge in [-0.3, -0.25) is 4.79 Å². The van der Waals surface area contributed by atoms with Gasteiger partial charge in [-0.05, 0) is 24.3 Å². The third-order valence-electron chi connectivity index (χ3n) is 3.11. The molecule has 0 aromatic carbocycles. The van der Waals surface area contributed by atoms with Crippen molar-refractivity contribution in [3.8, 4) is 0 Å². The van der Waals surface area contributed by atoms with Gasteiger partial charge in [0.2, 0.25) is 0 Å². The zero-order chi connectivity index (χ0) is 10.7. The Labute approximate surface area is 93.7 Å². The number of thiophene rings is 1. The first-order chi connectivity index (χ1) is 7.26. The molecule has 1 fully saturated rings. The van der Waals surface area contributed by atoms with E-state index in [1.54, 1.807) is 11.3 Å². The fraction of sp³-hybridized carbons (Fsp3) is 0.545. The molecule has 0 saturated heterocycles. The van der Waals surface area contributed by atoms with Crippen LogP contribution in [0, 0.1) is 0 Å². The molecule has 1 saturated carbocycles. The lowest BCUT2D eigenvalue weighted by Gasteiger charge is -2.28. The first kappa shape index (κ1) is 10.6. The van der Waals surface area contributed by atoms with Gasteiger partial charge in [-0.15, -0.1) is 0 Å². The second-order valence-electron chi connectivity index (χ2n) is 4.16. The van der Waals surface area contributed by atoms with Crippen LogP contribution in [0.25, 0.3) is 0 Å². The summed E-state index contributed by atoms with van der Waals surface area (Å²) in [5.74, 6) is 0.0172. The molecule has 0 bridgehead atoms. The van der Waals surface area contributed by atoms with E-state index in [1.807, 2.05) is 16.8 Å². The molecule has 0 radical (unpaired) electrons. The van der Waals surface area contributed by atoms with Crippen molar-refractivity contribution in [2.45, 2.75) is 31.2 Å². The minimum absolute atomic E-state index is 0.0172. The van der Waals surface area contributed by atoms with Crippen molar-refractivity contribution in [3.63, 3.8) is 0 Å². The van der Waals surface area contributed by atoms with E-state index in [0.29, 0.717) is 6.54 Å². The number of carbonyl (C=O) groups is 1. The summed E-state index contributed by atoms with van der Waals surface area (Å²) < 4.78 is 0. The van der Waals surface area contributed by atoms with Crippen molar-refractivity contribution in [3.05, 3.63) is 22.4 Å². The van der Waals surface area contributed by atoms with Gasteiger partial charge < -0.3 is 11.1 Å². The van der Waals surface area contributed by atoms with Crippen LogP contribution in [0.1, 0.15) is 36.0 Å². The van der Waals surface area contributed by atoms with Crippen LogP contribution in [0.2, 0.25) is 0 Å². The van der Waals surface area contributed by atoms with Gasteiger partial charge in [0.15, 0.2) is 0 Å². The average molecular weight is 224 g/mol. The number of hydrogen-bond acceptors (Lipinski definition) is 3. The maximum atomic E-state index is 11.9. The fourth-order valence-electron chi connectivity index (χ4n) is 2.14. The summed E-state index contributed by atoms with van der Waals surface area (Å²) in [6, 6.07) is 1.85. The number of nitrogens with one attached hydrogen (secondary N) is 1. The van der Waals surface area contributed by atoms with Crippen LogP contribution in [0.5, 0.6) is 0 Å². The molecule has 4 heteroatoms. The summed E-state index contributed by atoms with van der Waals surface area (Å²) in [5.41, 5.74) is 6.37. The largest absolute Gasteiger partial charge is 0.345 e. The Balaban J connectivity index is 2.04. The summed E-state index contributed by atoms with van der Waals surface area (Å²) in [4.78, 5) is 11.9. The summed E-state index contributed by atoms with van der Waals surface area (Å²) in [6.07, 6.45) is 4.36. The molecular formula is C11H16N2OS. The Bertz CT molecular complexity index is 328. The predicted molar refractivity (Wildman–Crippen MR) is 62.0 cm³/mol. The SMILES string of the molecule is NCC1(NC(=O)c2ccsc2)CCCC1. The average Bonchev–Trinajstić information content (AvgIpc) is 2.88. The molecule has 0 aliphatic heterocycles. The molecule has 1 heterocycles. The molecule has 0 atom stereocenters. The van der Waals surface area contributed by atoms with Crippen LogP contribution >= 0.6 is 11.3 Å². The van der Waals surface area contributed by atoms with Crippen LogP contribution in [-0.2, 0) is 0 Å². The molecule has 2 rings (SSSR count). The molecule has 0 spiro atoms. The first-order valence-corrected chi connectivity index (χ1v) is 6.25. The maximum Gasteiger partial charge on any atom is 0.252 e. The normalized spacial score (nSPS) is 19.0.